The van der Waals surface area contributed by atoms with E-state index >= 15 is 0 Å². The maximum Gasteiger partial charge on any atom is 0.263 e. The number of rotatable bonds is 4. The van der Waals surface area contributed by atoms with Crippen LogP contribution in [0.2, 0.25) is 0 Å². The molecule has 2 aromatic heterocycles. The number of aryl methyl sites for hydroxylation is 1. The van der Waals surface area contributed by atoms with Gasteiger partial charge in [-0.25, -0.2) is 9.67 Å². The number of ether oxygens (including phenoxy) is 1. The number of amides is 1. The Morgan fingerprint density at radius 2 is 2.18 bits per heavy atom. The normalized spacial score (nSPS) is 12.8. The van der Waals surface area contributed by atoms with Gasteiger partial charge >= 0.3 is 0 Å². The van der Waals surface area contributed by atoms with Gasteiger partial charge in [0.05, 0.1) is 28.2 Å². The molecule has 4 rings (SSSR count). The number of carbonyl (C=O) groups is 1. The molecule has 142 valence electrons. The number of para-hydroxylation sites is 1. The van der Waals surface area contributed by atoms with E-state index in [4.69, 9.17) is 15.7 Å². The van der Waals surface area contributed by atoms with Crippen molar-refractivity contribution in [1.29, 1.82) is 0 Å². The fraction of sp³-hybridized carbons (Fsp3) is 0.158. The predicted octanol–water partition coefficient (Wildman–Crippen LogP) is 2.83. The zero-order valence-corrected chi connectivity index (χ0v) is 16.0. The van der Waals surface area contributed by atoms with Gasteiger partial charge in [0.25, 0.3) is 5.90 Å². The molecule has 0 bridgehead atoms. The van der Waals surface area contributed by atoms with E-state index in [1.807, 2.05) is 35.0 Å². The van der Waals surface area contributed by atoms with Gasteiger partial charge in [-0.3, -0.25) is 4.79 Å². The summed E-state index contributed by atoms with van der Waals surface area (Å²) >= 11 is 1.43. The van der Waals surface area contributed by atoms with Gasteiger partial charge in [0.15, 0.2) is 10.8 Å². The van der Waals surface area contributed by atoms with Crippen LogP contribution in [0.3, 0.4) is 0 Å². The number of hydrazone groups is 1. The summed E-state index contributed by atoms with van der Waals surface area (Å²) in [7, 11) is 0. The van der Waals surface area contributed by atoms with Crippen LogP contribution < -0.4 is 11.2 Å². The van der Waals surface area contributed by atoms with E-state index in [1.54, 1.807) is 0 Å². The number of anilines is 1. The number of benzene rings is 1. The third-order valence-corrected chi connectivity index (χ3v) is 5.33. The van der Waals surface area contributed by atoms with Crippen LogP contribution in [0.5, 0.6) is 0 Å². The van der Waals surface area contributed by atoms with Gasteiger partial charge in [-0.1, -0.05) is 36.1 Å². The number of aromatic nitrogens is 3. The molecule has 1 aliphatic rings. The number of hydrogen-bond acceptors (Lipinski definition) is 7. The Labute approximate surface area is 165 Å². The second-order valence-electron chi connectivity index (χ2n) is 6.12. The molecule has 3 N–H and O–H groups in total. The van der Waals surface area contributed by atoms with Crippen molar-refractivity contribution in [2.75, 3.05) is 5.32 Å². The average molecular weight is 394 g/mol. The Morgan fingerprint density at radius 3 is 2.86 bits per heavy atom. The highest BCUT2D eigenvalue weighted by atomic mass is 32.1. The number of carbonyl (C=O) groups excluding carboxylic acids is 1. The Bertz CT molecular complexity index is 1080. The predicted molar refractivity (Wildman–Crippen MR) is 108 cm³/mol. The molecule has 0 radical (unpaired) electrons. The summed E-state index contributed by atoms with van der Waals surface area (Å²) in [6.45, 7) is 5.04. The van der Waals surface area contributed by atoms with Gasteiger partial charge in [-0.05, 0) is 25.0 Å². The van der Waals surface area contributed by atoms with E-state index < -0.39 is 0 Å². The van der Waals surface area contributed by atoms with Crippen LogP contribution >= 0.6 is 11.3 Å². The monoisotopic (exact) mass is 394 g/mol. The minimum atomic E-state index is -0.152. The van der Waals surface area contributed by atoms with Crippen molar-refractivity contribution in [1.82, 2.24) is 14.8 Å². The first-order chi connectivity index (χ1) is 13.6. The highest BCUT2D eigenvalue weighted by Crippen LogP contribution is 2.42. The summed E-state index contributed by atoms with van der Waals surface area (Å²) < 4.78 is 7.23. The summed E-state index contributed by atoms with van der Waals surface area (Å²) in [5.41, 5.74) is 4.27. The first-order valence-corrected chi connectivity index (χ1v) is 9.44. The standard InChI is InChI=1S/C19H18N6O2S/c1-3-27-18(23-20)15-13-9-10-14-17(28-19(22-14)21-11(2)26)16(13)25(24-15)12-7-5-4-6-8-12/h3-8H,1,9-10,20H2,2H3,(H,21,22,26)/b23-18-. The minimum Gasteiger partial charge on any atom is -0.445 e. The molecule has 0 fully saturated rings. The van der Waals surface area contributed by atoms with Crippen molar-refractivity contribution >= 4 is 28.3 Å². The lowest BCUT2D eigenvalue weighted by molar-refractivity contribution is -0.114. The van der Waals surface area contributed by atoms with E-state index in [1.165, 1.54) is 24.5 Å². The van der Waals surface area contributed by atoms with Crippen molar-refractivity contribution < 1.29 is 9.53 Å². The molecule has 0 unspecified atom stereocenters. The van der Waals surface area contributed by atoms with E-state index in [-0.39, 0.29) is 11.8 Å². The lowest BCUT2D eigenvalue weighted by atomic mass is 9.97. The fourth-order valence-electron chi connectivity index (χ4n) is 3.23. The summed E-state index contributed by atoms with van der Waals surface area (Å²) in [6.07, 6.45) is 2.70. The smallest absolute Gasteiger partial charge is 0.263 e. The van der Waals surface area contributed by atoms with Crippen molar-refractivity contribution in [3.8, 4) is 16.3 Å². The van der Waals surface area contributed by atoms with Crippen molar-refractivity contribution in [3.05, 3.63) is 60.1 Å². The Morgan fingerprint density at radius 1 is 1.39 bits per heavy atom. The molecule has 1 amide bonds. The first-order valence-electron chi connectivity index (χ1n) is 8.63. The highest BCUT2D eigenvalue weighted by Gasteiger charge is 2.31. The van der Waals surface area contributed by atoms with Gasteiger partial charge in [0.1, 0.15) is 0 Å². The quantitative estimate of drug-likeness (QED) is 0.233. The molecular formula is C19H18N6O2S. The van der Waals surface area contributed by atoms with E-state index in [0.717, 1.165) is 33.9 Å². The van der Waals surface area contributed by atoms with Crippen molar-refractivity contribution in [3.63, 3.8) is 0 Å². The Balaban J connectivity index is 1.94. The second-order valence-corrected chi connectivity index (χ2v) is 7.12. The molecule has 0 spiro atoms. The molecule has 0 aliphatic heterocycles. The van der Waals surface area contributed by atoms with Crippen LogP contribution in [-0.4, -0.2) is 26.6 Å². The van der Waals surface area contributed by atoms with Gasteiger partial charge in [-0.15, -0.1) is 5.10 Å². The molecule has 9 heteroatoms. The van der Waals surface area contributed by atoms with Crippen LogP contribution in [0.15, 0.2) is 48.3 Å². The first kappa shape index (κ1) is 17.9. The molecule has 1 aliphatic carbocycles. The molecule has 28 heavy (non-hydrogen) atoms. The maximum absolute atomic E-state index is 11.4. The highest BCUT2D eigenvalue weighted by molar-refractivity contribution is 7.19. The van der Waals surface area contributed by atoms with Gasteiger partial charge in [0.2, 0.25) is 5.91 Å². The summed E-state index contributed by atoms with van der Waals surface area (Å²) in [5, 5.41) is 11.8. The van der Waals surface area contributed by atoms with E-state index in [9.17, 15) is 4.79 Å². The summed E-state index contributed by atoms with van der Waals surface area (Å²) in [4.78, 5) is 17.0. The lowest BCUT2D eigenvalue weighted by Gasteiger charge is -2.14. The van der Waals surface area contributed by atoms with Crippen LogP contribution in [-0.2, 0) is 22.4 Å². The SMILES string of the molecule is C=CO/C(=N\N)c1nn(-c2ccccc2)c2c1CCc1nc(NC(C)=O)sc1-2. The number of hydrogen-bond donors (Lipinski definition) is 2. The summed E-state index contributed by atoms with van der Waals surface area (Å²) in [5.74, 6) is 5.59. The van der Waals surface area contributed by atoms with Crippen LogP contribution in [0.1, 0.15) is 23.9 Å². The largest absolute Gasteiger partial charge is 0.445 e. The van der Waals surface area contributed by atoms with Gasteiger partial charge < -0.3 is 15.9 Å². The third kappa shape index (κ3) is 3.05. The number of fused-ring (bicyclic) bond motifs is 3. The average Bonchev–Trinajstić information content (AvgIpc) is 3.27. The van der Waals surface area contributed by atoms with Crippen molar-refractivity contribution in [2.24, 2.45) is 10.9 Å². The third-order valence-electron chi connectivity index (χ3n) is 4.31. The minimum absolute atomic E-state index is 0.152. The van der Waals surface area contributed by atoms with Gasteiger partial charge in [-0.2, -0.15) is 5.10 Å². The number of nitrogens with one attached hydrogen (secondary N) is 1. The zero-order chi connectivity index (χ0) is 19.7. The molecular weight excluding hydrogens is 376 g/mol. The number of thiazole rings is 1. The topological polar surface area (TPSA) is 107 Å². The number of nitrogens with two attached hydrogens (primary N) is 1. The Hall–Kier alpha value is -3.46. The summed E-state index contributed by atoms with van der Waals surface area (Å²) in [6, 6.07) is 9.77. The van der Waals surface area contributed by atoms with Crippen LogP contribution in [0.25, 0.3) is 16.3 Å². The molecule has 0 saturated carbocycles. The van der Waals surface area contributed by atoms with Gasteiger partial charge in [0, 0.05) is 12.5 Å². The number of nitrogens with zero attached hydrogens (tertiary/aromatic N) is 4. The van der Waals surface area contributed by atoms with E-state index in [2.05, 4.69) is 22.0 Å². The molecule has 3 aromatic rings. The van der Waals surface area contributed by atoms with Crippen LogP contribution in [0.4, 0.5) is 5.13 Å². The molecule has 8 nitrogen and oxygen atoms in total. The zero-order valence-electron chi connectivity index (χ0n) is 15.2. The molecule has 1 aromatic carbocycles. The molecule has 0 saturated heterocycles. The van der Waals surface area contributed by atoms with Crippen LogP contribution in [0, 0.1) is 0 Å². The molecule has 2 heterocycles. The lowest BCUT2D eigenvalue weighted by Crippen LogP contribution is -2.11. The fourth-order valence-corrected chi connectivity index (χ4v) is 4.34. The maximum atomic E-state index is 11.4. The Kier molecular flexibility index (Phi) is 4.66. The van der Waals surface area contributed by atoms with Crippen molar-refractivity contribution in [2.45, 2.75) is 19.8 Å². The molecule has 0 atom stereocenters. The second kappa shape index (κ2) is 7.28. The van der Waals surface area contributed by atoms with E-state index in [0.29, 0.717) is 17.2 Å².